The Bertz CT molecular complexity index is 2650. The van der Waals surface area contributed by atoms with E-state index in [0.29, 0.717) is 22.5 Å². The van der Waals surface area contributed by atoms with Gasteiger partial charge in [-0.05, 0) is 73.5 Å². The number of halogens is 4. The summed E-state index contributed by atoms with van der Waals surface area (Å²) in [4.78, 5) is 78.6. The summed E-state index contributed by atoms with van der Waals surface area (Å²) in [6, 6.07) is 21.7. The maximum atomic E-state index is 13.6. The molecule has 0 aliphatic carbocycles. The predicted octanol–water partition coefficient (Wildman–Crippen LogP) is 10.4. The topological polar surface area (TPSA) is 218 Å². The molecule has 0 fully saturated rings. The third-order valence-corrected chi connectivity index (χ3v) is 10.3. The number of carbonyl (C=O) groups excluding carboxylic acids is 6. The number of amides is 4. The van der Waals surface area contributed by atoms with Gasteiger partial charge in [-0.2, -0.15) is 20.5 Å². The Kier molecular flexibility index (Phi) is 17.0. The zero-order chi connectivity index (χ0) is 46.5. The molecular formula is C44H38Cl4N8O8. The van der Waals surface area contributed by atoms with Gasteiger partial charge in [0.15, 0.2) is 11.6 Å². The second kappa shape index (κ2) is 22.6. The molecule has 0 aromatic heterocycles. The van der Waals surface area contributed by atoms with Crippen molar-refractivity contribution in [3.05, 3.63) is 129 Å². The first kappa shape index (κ1) is 48.3. The van der Waals surface area contributed by atoms with Crippen LogP contribution in [0.25, 0.3) is 0 Å². The predicted molar refractivity (Wildman–Crippen MR) is 246 cm³/mol. The minimum absolute atomic E-state index is 0.00186. The highest BCUT2D eigenvalue weighted by atomic mass is 35.5. The van der Waals surface area contributed by atoms with Crippen LogP contribution < -0.4 is 30.7 Å². The van der Waals surface area contributed by atoms with Crippen LogP contribution in [0, 0.1) is 0 Å². The number of Topliss-reactive ketones (excluding diaryl/α,β-unsaturated/α-hetero) is 2. The molecule has 0 radical (unpaired) electrons. The van der Waals surface area contributed by atoms with E-state index in [4.69, 9.17) is 55.9 Å². The SMILES string of the molecule is COc1cc(NC(=O)C(N=Nc2cc(C(=O)Nc3ccccc3CCl)ccc2Cl)C(C)=O)cc(OC)c1NC(=O)C(N=Nc1cc(C(=O)Nc2ccccc2CCl)ccc1Cl)C(C)=O. The van der Waals surface area contributed by atoms with Gasteiger partial charge in [0.2, 0.25) is 12.1 Å². The van der Waals surface area contributed by atoms with Crippen molar-refractivity contribution in [1.29, 1.82) is 0 Å². The van der Waals surface area contributed by atoms with Crippen LogP contribution in [0.5, 0.6) is 11.5 Å². The molecule has 0 saturated carbocycles. The fourth-order valence-electron chi connectivity index (χ4n) is 5.75. The van der Waals surface area contributed by atoms with E-state index >= 15 is 0 Å². The molecule has 0 saturated heterocycles. The maximum Gasteiger partial charge on any atom is 0.259 e. The molecule has 0 aliphatic heterocycles. The fourth-order valence-corrected chi connectivity index (χ4v) is 6.53. The Morgan fingerprint density at radius 3 is 1.36 bits per heavy atom. The number of methoxy groups -OCH3 is 2. The van der Waals surface area contributed by atoms with Crippen molar-refractivity contribution >= 4 is 116 Å². The zero-order valence-electron chi connectivity index (χ0n) is 34.4. The first-order chi connectivity index (χ1) is 30.7. The highest BCUT2D eigenvalue weighted by Gasteiger charge is 2.28. The Labute approximate surface area is 386 Å². The van der Waals surface area contributed by atoms with Crippen molar-refractivity contribution in [1.82, 2.24) is 0 Å². The van der Waals surface area contributed by atoms with Crippen LogP contribution in [0.4, 0.5) is 34.1 Å². The quantitative estimate of drug-likeness (QED) is 0.0375. The van der Waals surface area contributed by atoms with Gasteiger partial charge in [-0.25, -0.2) is 0 Å². The number of nitrogens with one attached hydrogen (secondary N) is 4. The van der Waals surface area contributed by atoms with Gasteiger partial charge in [0.1, 0.15) is 28.6 Å². The molecular weight excluding hydrogens is 910 g/mol. The molecule has 2 unspecified atom stereocenters. The van der Waals surface area contributed by atoms with Crippen LogP contribution in [-0.4, -0.2) is 61.5 Å². The molecule has 0 aliphatic rings. The number of rotatable bonds is 18. The van der Waals surface area contributed by atoms with E-state index in [1.54, 1.807) is 48.5 Å². The monoisotopic (exact) mass is 946 g/mol. The number of alkyl halides is 2. The first-order valence-corrected chi connectivity index (χ1v) is 20.7. The lowest BCUT2D eigenvalue weighted by Gasteiger charge is -2.18. The molecule has 0 bridgehead atoms. The number of nitrogens with zero attached hydrogens (tertiary/aromatic N) is 4. The third-order valence-electron chi connectivity index (χ3n) is 9.09. The minimum Gasteiger partial charge on any atom is -0.494 e. The molecule has 2 atom stereocenters. The standard InChI is InChI=1S/C44H38Cl4N8O8/c1-23(57)38(55-53-34-17-25(13-15-30(34)47)41(59)50-32-11-7-5-9-27(32)21-45)43(61)49-29-19-36(63-3)40(37(20-29)64-4)52-44(62)39(24(2)58)56-54-35-18-26(14-16-31(35)48)42(60)51-33-12-8-6-10-28(33)22-46/h5-20,38-39H,21-22H2,1-4H3,(H,49,61)(H,50,59)(H,51,60)(H,52,62). The molecule has 16 nitrogen and oxygen atoms in total. The van der Waals surface area contributed by atoms with E-state index in [2.05, 4.69) is 41.7 Å². The van der Waals surface area contributed by atoms with Crippen molar-refractivity contribution in [2.45, 2.75) is 37.7 Å². The highest BCUT2D eigenvalue weighted by Crippen LogP contribution is 2.39. The minimum atomic E-state index is -1.70. The van der Waals surface area contributed by atoms with Crippen molar-refractivity contribution in [3.63, 3.8) is 0 Å². The van der Waals surface area contributed by atoms with Crippen LogP contribution in [0.1, 0.15) is 45.7 Å². The molecule has 4 N–H and O–H groups in total. The summed E-state index contributed by atoms with van der Waals surface area (Å²) in [5, 5.41) is 26.8. The van der Waals surface area contributed by atoms with Gasteiger partial charge in [0.25, 0.3) is 23.6 Å². The maximum absolute atomic E-state index is 13.6. The summed E-state index contributed by atoms with van der Waals surface area (Å²) < 4.78 is 11.0. The van der Waals surface area contributed by atoms with Crippen LogP contribution in [-0.2, 0) is 30.9 Å². The number of hydrogen-bond donors (Lipinski definition) is 4. The average Bonchev–Trinajstić information content (AvgIpc) is 3.27. The Morgan fingerprint density at radius 1 is 0.562 bits per heavy atom. The second-order valence-corrected chi connectivity index (χ2v) is 14.9. The second-order valence-electron chi connectivity index (χ2n) is 13.5. The van der Waals surface area contributed by atoms with Gasteiger partial charge in [-0.15, -0.1) is 23.2 Å². The van der Waals surface area contributed by atoms with Crippen LogP contribution in [0.3, 0.4) is 0 Å². The molecule has 4 amide bonds. The number of para-hydroxylation sites is 2. The van der Waals surface area contributed by atoms with E-state index < -0.39 is 47.3 Å². The van der Waals surface area contributed by atoms with E-state index in [0.717, 1.165) is 13.8 Å². The van der Waals surface area contributed by atoms with Crippen molar-refractivity contribution in [3.8, 4) is 11.5 Å². The van der Waals surface area contributed by atoms with Gasteiger partial charge in [0, 0.05) is 52.1 Å². The number of carbonyl (C=O) groups is 6. The largest absolute Gasteiger partial charge is 0.494 e. The van der Waals surface area contributed by atoms with E-state index in [1.807, 2.05) is 0 Å². The summed E-state index contributed by atoms with van der Waals surface area (Å²) >= 11 is 24.7. The van der Waals surface area contributed by atoms with E-state index in [1.165, 1.54) is 62.8 Å². The molecule has 5 rings (SSSR count). The summed E-state index contributed by atoms with van der Waals surface area (Å²) in [5.74, 6) is -3.92. The lowest BCUT2D eigenvalue weighted by Crippen LogP contribution is -2.32. The summed E-state index contributed by atoms with van der Waals surface area (Å²) in [6.45, 7) is 2.26. The summed E-state index contributed by atoms with van der Waals surface area (Å²) in [6.07, 6.45) is 0. The molecule has 20 heteroatoms. The Hall–Kier alpha value is -6.72. The zero-order valence-corrected chi connectivity index (χ0v) is 37.4. The van der Waals surface area contributed by atoms with Crippen molar-refractivity contribution in [2.24, 2.45) is 20.5 Å². The number of anilines is 4. The van der Waals surface area contributed by atoms with Crippen LogP contribution >= 0.6 is 46.4 Å². The average molecular weight is 949 g/mol. The molecule has 5 aromatic rings. The fraction of sp³-hybridized carbons (Fsp3) is 0.182. The lowest BCUT2D eigenvalue weighted by atomic mass is 10.1. The number of benzene rings is 5. The first-order valence-electron chi connectivity index (χ1n) is 18.9. The molecule has 330 valence electrons. The normalized spacial score (nSPS) is 12.0. The van der Waals surface area contributed by atoms with Crippen molar-refractivity contribution < 1.29 is 38.2 Å². The third kappa shape index (κ3) is 12.3. The number of hydrogen-bond acceptors (Lipinski definition) is 12. The lowest BCUT2D eigenvalue weighted by molar-refractivity contribution is -0.127. The number of ketones is 2. The van der Waals surface area contributed by atoms with Crippen molar-refractivity contribution in [2.75, 3.05) is 35.5 Å². The Balaban J connectivity index is 1.31. The van der Waals surface area contributed by atoms with E-state index in [9.17, 15) is 28.8 Å². The molecule has 0 heterocycles. The highest BCUT2D eigenvalue weighted by molar-refractivity contribution is 6.33. The summed E-state index contributed by atoms with van der Waals surface area (Å²) in [5.41, 5.74) is 2.78. The summed E-state index contributed by atoms with van der Waals surface area (Å²) in [7, 11) is 2.55. The molecule has 0 spiro atoms. The van der Waals surface area contributed by atoms with Crippen LogP contribution in [0.2, 0.25) is 10.0 Å². The number of azo groups is 2. The van der Waals surface area contributed by atoms with Crippen LogP contribution in [0.15, 0.2) is 118 Å². The Morgan fingerprint density at radius 2 is 0.969 bits per heavy atom. The van der Waals surface area contributed by atoms with Gasteiger partial charge < -0.3 is 30.7 Å². The van der Waals surface area contributed by atoms with Gasteiger partial charge in [-0.1, -0.05) is 59.6 Å². The van der Waals surface area contributed by atoms with E-state index in [-0.39, 0.29) is 67.2 Å². The molecule has 5 aromatic carbocycles. The molecule has 64 heavy (non-hydrogen) atoms. The smallest absolute Gasteiger partial charge is 0.259 e. The van der Waals surface area contributed by atoms with Gasteiger partial charge in [-0.3, -0.25) is 28.8 Å². The number of ether oxygens (including phenoxy) is 2. The van der Waals surface area contributed by atoms with Gasteiger partial charge >= 0.3 is 0 Å². The van der Waals surface area contributed by atoms with Gasteiger partial charge in [0.05, 0.1) is 24.3 Å².